The minimum atomic E-state index is -2.84. The summed E-state index contributed by atoms with van der Waals surface area (Å²) in [6.07, 6.45) is 0.204. The number of benzene rings is 1. The highest BCUT2D eigenvalue weighted by atomic mass is 19.3. The Morgan fingerprint density at radius 1 is 1.37 bits per heavy atom. The summed E-state index contributed by atoms with van der Waals surface area (Å²) in [5, 5.41) is 0. The van der Waals surface area contributed by atoms with Crippen LogP contribution in [0, 0.1) is 0 Å². The van der Waals surface area contributed by atoms with Crippen molar-refractivity contribution in [2.75, 3.05) is 13.6 Å². The highest BCUT2D eigenvalue weighted by Crippen LogP contribution is 2.15. The first-order valence-corrected chi connectivity index (χ1v) is 5.93. The smallest absolute Gasteiger partial charge is 0.387 e. The molecule has 1 unspecified atom stereocenters. The minimum Gasteiger partial charge on any atom is -0.435 e. The van der Waals surface area contributed by atoms with Crippen LogP contribution in [0.1, 0.15) is 12.5 Å². The van der Waals surface area contributed by atoms with Crippen LogP contribution in [-0.4, -0.2) is 37.1 Å². The van der Waals surface area contributed by atoms with E-state index < -0.39 is 6.61 Å². The van der Waals surface area contributed by atoms with Gasteiger partial charge in [0.1, 0.15) is 5.75 Å². The quantitative estimate of drug-likeness (QED) is 0.856. The summed E-state index contributed by atoms with van der Waals surface area (Å²) in [5.41, 5.74) is 6.23. The van der Waals surface area contributed by atoms with Crippen molar-refractivity contribution in [3.63, 3.8) is 0 Å². The first kappa shape index (κ1) is 15.4. The average Bonchev–Trinajstić information content (AvgIpc) is 2.38. The van der Waals surface area contributed by atoms with Gasteiger partial charge in [-0.2, -0.15) is 8.78 Å². The second kappa shape index (κ2) is 7.04. The second-order valence-corrected chi connectivity index (χ2v) is 4.29. The number of carbonyl (C=O) groups is 1. The largest absolute Gasteiger partial charge is 0.435 e. The highest BCUT2D eigenvalue weighted by molar-refractivity contribution is 5.78. The van der Waals surface area contributed by atoms with Crippen molar-refractivity contribution in [3.05, 3.63) is 29.8 Å². The zero-order chi connectivity index (χ0) is 14.4. The number of hydrogen-bond acceptors (Lipinski definition) is 3. The van der Waals surface area contributed by atoms with Gasteiger partial charge in [-0.3, -0.25) is 4.79 Å². The van der Waals surface area contributed by atoms with Crippen LogP contribution in [0.2, 0.25) is 0 Å². The van der Waals surface area contributed by atoms with E-state index in [2.05, 4.69) is 4.74 Å². The van der Waals surface area contributed by atoms with Gasteiger partial charge < -0.3 is 15.4 Å². The van der Waals surface area contributed by atoms with Gasteiger partial charge in [0.2, 0.25) is 5.91 Å². The van der Waals surface area contributed by atoms with Crippen LogP contribution < -0.4 is 10.5 Å². The number of hydrogen-bond donors (Lipinski definition) is 1. The first-order chi connectivity index (χ1) is 8.93. The summed E-state index contributed by atoms with van der Waals surface area (Å²) >= 11 is 0. The maximum atomic E-state index is 12.0. The van der Waals surface area contributed by atoms with Crippen LogP contribution in [0.4, 0.5) is 8.78 Å². The molecule has 19 heavy (non-hydrogen) atoms. The maximum Gasteiger partial charge on any atom is 0.387 e. The Morgan fingerprint density at radius 3 is 2.42 bits per heavy atom. The molecule has 106 valence electrons. The molecule has 6 heteroatoms. The Morgan fingerprint density at radius 2 is 1.95 bits per heavy atom. The number of nitrogens with zero attached hydrogens (tertiary/aromatic N) is 1. The first-order valence-electron chi connectivity index (χ1n) is 5.93. The van der Waals surface area contributed by atoms with Gasteiger partial charge in [-0.25, -0.2) is 0 Å². The molecule has 0 fully saturated rings. The third-order valence-electron chi connectivity index (χ3n) is 2.90. The van der Waals surface area contributed by atoms with Gasteiger partial charge in [0.25, 0.3) is 0 Å². The van der Waals surface area contributed by atoms with Gasteiger partial charge in [0.15, 0.2) is 0 Å². The molecule has 2 N–H and O–H groups in total. The second-order valence-electron chi connectivity index (χ2n) is 4.29. The minimum absolute atomic E-state index is 0.0334. The molecule has 1 rings (SSSR count). The third kappa shape index (κ3) is 4.82. The Labute approximate surface area is 111 Å². The Bertz CT molecular complexity index is 410. The number of carbonyl (C=O) groups excluding carboxylic acids is 1. The van der Waals surface area contributed by atoms with Crippen LogP contribution in [0.25, 0.3) is 0 Å². The fourth-order valence-electron chi connectivity index (χ4n) is 1.49. The topological polar surface area (TPSA) is 55.6 Å². The lowest BCUT2D eigenvalue weighted by molar-refractivity contribution is -0.130. The van der Waals surface area contributed by atoms with Crippen LogP contribution in [0.15, 0.2) is 24.3 Å². The predicted octanol–water partition coefficient (Wildman–Crippen LogP) is 1.64. The number of likely N-dealkylation sites (N-methyl/N-ethyl adjacent to an activating group) is 1. The Balaban J connectivity index is 2.60. The summed E-state index contributed by atoms with van der Waals surface area (Å²) in [6.45, 7) is -0.593. The number of halogens is 2. The van der Waals surface area contributed by atoms with Gasteiger partial charge in [0.05, 0.1) is 6.42 Å². The molecule has 1 aromatic rings. The molecule has 0 spiro atoms. The number of amides is 1. The predicted molar refractivity (Wildman–Crippen MR) is 68.1 cm³/mol. The van der Waals surface area contributed by atoms with E-state index in [1.165, 1.54) is 12.1 Å². The van der Waals surface area contributed by atoms with Crippen molar-refractivity contribution in [2.45, 2.75) is 26.0 Å². The molecule has 4 nitrogen and oxygen atoms in total. The summed E-state index contributed by atoms with van der Waals surface area (Å²) in [4.78, 5) is 13.5. The van der Waals surface area contributed by atoms with Crippen molar-refractivity contribution >= 4 is 5.91 Å². The fourth-order valence-corrected chi connectivity index (χ4v) is 1.49. The molecular formula is C13H18F2N2O2. The zero-order valence-electron chi connectivity index (χ0n) is 11.0. The van der Waals surface area contributed by atoms with Crippen molar-refractivity contribution in [1.29, 1.82) is 0 Å². The van der Waals surface area contributed by atoms with Crippen molar-refractivity contribution in [2.24, 2.45) is 5.73 Å². The fraction of sp³-hybridized carbons (Fsp3) is 0.462. The van der Waals surface area contributed by atoms with Crippen LogP contribution >= 0.6 is 0 Å². The lowest BCUT2D eigenvalue weighted by Crippen LogP contribution is -2.40. The Hall–Kier alpha value is -1.69. The molecular weight excluding hydrogens is 254 g/mol. The van der Waals surface area contributed by atoms with E-state index in [0.29, 0.717) is 6.54 Å². The molecule has 0 aliphatic carbocycles. The Kier molecular flexibility index (Phi) is 5.69. The molecule has 0 aliphatic heterocycles. The van der Waals surface area contributed by atoms with Crippen molar-refractivity contribution in [1.82, 2.24) is 4.90 Å². The van der Waals surface area contributed by atoms with Crippen molar-refractivity contribution in [3.8, 4) is 5.75 Å². The van der Waals surface area contributed by atoms with Gasteiger partial charge in [-0.1, -0.05) is 12.1 Å². The number of alkyl halides is 2. The highest BCUT2D eigenvalue weighted by Gasteiger charge is 2.14. The number of ether oxygens (including phenoxy) is 1. The van der Waals surface area contributed by atoms with Crippen LogP contribution in [-0.2, 0) is 11.2 Å². The monoisotopic (exact) mass is 272 g/mol. The molecule has 1 aromatic carbocycles. The lowest BCUT2D eigenvalue weighted by Gasteiger charge is -2.23. The van der Waals surface area contributed by atoms with Gasteiger partial charge in [-0.05, 0) is 24.6 Å². The van der Waals surface area contributed by atoms with Crippen LogP contribution in [0.5, 0.6) is 5.75 Å². The van der Waals surface area contributed by atoms with E-state index in [-0.39, 0.29) is 24.1 Å². The molecule has 0 saturated carbocycles. The summed E-state index contributed by atoms with van der Waals surface area (Å²) in [5.74, 6) is 0.00959. The molecule has 1 atom stereocenters. The van der Waals surface area contributed by atoms with E-state index in [0.717, 1.165) is 5.56 Å². The lowest BCUT2D eigenvalue weighted by atomic mass is 10.1. The van der Waals surface area contributed by atoms with Gasteiger partial charge >= 0.3 is 6.61 Å². The van der Waals surface area contributed by atoms with Crippen molar-refractivity contribution < 1.29 is 18.3 Å². The summed E-state index contributed by atoms with van der Waals surface area (Å²) < 4.78 is 28.2. The van der Waals surface area contributed by atoms with Crippen LogP contribution in [0.3, 0.4) is 0 Å². The molecule has 0 aliphatic rings. The SMILES string of the molecule is CC(CN)N(C)C(=O)Cc1ccc(OC(F)F)cc1. The average molecular weight is 272 g/mol. The summed E-state index contributed by atoms with van der Waals surface area (Å²) in [6, 6.07) is 5.99. The maximum absolute atomic E-state index is 12.0. The van der Waals surface area contributed by atoms with E-state index in [9.17, 15) is 13.6 Å². The van der Waals surface area contributed by atoms with E-state index in [1.54, 1.807) is 24.1 Å². The van der Waals surface area contributed by atoms with Gasteiger partial charge in [0, 0.05) is 19.6 Å². The molecule has 0 aromatic heterocycles. The molecule has 0 heterocycles. The molecule has 1 amide bonds. The standard InChI is InChI=1S/C13H18F2N2O2/c1-9(8-16)17(2)12(18)7-10-3-5-11(6-4-10)19-13(14)15/h3-6,9,13H,7-8,16H2,1-2H3. The number of rotatable bonds is 6. The molecule has 0 saturated heterocycles. The van der Waals surface area contributed by atoms with E-state index in [1.807, 2.05) is 6.92 Å². The summed E-state index contributed by atoms with van der Waals surface area (Å²) in [7, 11) is 1.69. The normalized spacial score (nSPS) is 12.3. The number of nitrogens with two attached hydrogens (primary N) is 1. The third-order valence-corrected chi connectivity index (χ3v) is 2.90. The van der Waals surface area contributed by atoms with E-state index >= 15 is 0 Å². The molecule has 0 bridgehead atoms. The van der Waals surface area contributed by atoms with Gasteiger partial charge in [-0.15, -0.1) is 0 Å². The molecule has 0 radical (unpaired) electrons. The zero-order valence-corrected chi connectivity index (χ0v) is 11.0. The van der Waals surface area contributed by atoms with E-state index in [4.69, 9.17) is 5.73 Å².